The van der Waals surface area contributed by atoms with E-state index in [-0.39, 0.29) is 12.6 Å². The lowest BCUT2D eigenvalue weighted by Gasteiger charge is -2.27. The fraction of sp³-hybridized carbons (Fsp3) is 0.345. The van der Waals surface area contributed by atoms with Gasteiger partial charge in [0.2, 0.25) is 5.95 Å². The molecule has 1 heterocycles. The highest BCUT2D eigenvalue weighted by atomic mass is 16.6. The van der Waals surface area contributed by atoms with E-state index in [1.165, 1.54) is 6.20 Å². The number of carbonyl (C=O) groups is 3. The number of urea groups is 1. The Morgan fingerprint density at radius 3 is 1.98 bits per heavy atom. The van der Waals surface area contributed by atoms with Crippen molar-refractivity contribution in [2.45, 2.75) is 58.8 Å². The Morgan fingerprint density at radius 2 is 1.45 bits per heavy atom. The van der Waals surface area contributed by atoms with Gasteiger partial charge in [-0.05, 0) is 65.3 Å². The molecule has 0 unspecified atom stereocenters. The number of nitrogens with one attached hydrogen (secondary N) is 2. The molecule has 3 rings (SSSR count). The molecule has 0 aliphatic rings. The summed E-state index contributed by atoms with van der Waals surface area (Å²) in [5.74, 6) is -0.210. The zero-order valence-electron chi connectivity index (χ0n) is 23.5. The summed E-state index contributed by atoms with van der Waals surface area (Å²) in [5.41, 5.74) is 0.597. The Kier molecular flexibility index (Phi) is 9.43. The number of amides is 4. The van der Waals surface area contributed by atoms with Crippen molar-refractivity contribution in [3.63, 3.8) is 0 Å². The molecule has 1 aromatic heterocycles. The first-order valence-electron chi connectivity index (χ1n) is 12.7. The van der Waals surface area contributed by atoms with Crippen LogP contribution in [0.15, 0.2) is 66.9 Å². The Bertz CT molecular complexity index is 1290. The maximum absolute atomic E-state index is 12.9. The predicted octanol–water partition coefficient (Wildman–Crippen LogP) is 5.68. The van der Waals surface area contributed by atoms with Crippen LogP contribution in [0.5, 0.6) is 0 Å². The van der Waals surface area contributed by atoms with Crippen molar-refractivity contribution in [1.29, 1.82) is 0 Å². The molecular weight excluding hydrogens is 514 g/mol. The molecule has 1 atom stereocenters. The molecule has 2 aromatic carbocycles. The van der Waals surface area contributed by atoms with Crippen LogP contribution in [0.25, 0.3) is 11.3 Å². The summed E-state index contributed by atoms with van der Waals surface area (Å²) < 4.78 is 10.8. The van der Waals surface area contributed by atoms with Crippen LogP contribution in [0.4, 0.5) is 26.0 Å². The average Bonchev–Trinajstić information content (AvgIpc) is 2.86. The van der Waals surface area contributed by atoms with Gasteiger partial charge in [0.15, 0.2) is 0 Å². The van der Waals surface area contributed by atoms with E-state index in [0.29, 0.717) is 21.8 Å². The quantitative estimate of drug-likeness (QED) is 0.357. The van der Waals surface area contributed by atoms with Crippen LogP contribution in [-0.2, 0) is 9.47 Å². The highest BCUT2D eigenvalue weighted by molar-refractivity contribution is 6.08. The smallest absolute Gasteiger partial charge is 0.427 e. The number of ether oxygens (including phenoxy) is 2. The van der Waals surface area contributed by atoms with E-state index >= 15 is 0 Å². The first-order chi connectivity index (χ1) is 18.8. The van der Waals surface area contributed by atoms with Crippen molar-refractivity contribution in [1.82, 2.24) is 15.3 Å². The van der Waals surface area contributed by atoms with E-state index in [0.717, 1.165) is 5.56 Å². The maximum Gasteiger partial charge on any atom is 0.427 e. The van der Waals surface area contributed by atoms with Crippen LogP contribution in [0, 0.1) is 0 Å². The number of imide groups is 1. The summed E-state index contributed by atoms with van der Waals surface area (Å²) in [6.07, 6.45) is -0.528. The third kappa shape index (κ3) is 8.77. The molecule has 0 aliphatic heterocycles. The summed E-state index contributed by atoms with van der Waals surface area (Å²) >= 11 is 0. The number of carbonyl (C=O) groups excluding carboxylic acids is 3. The molecule has 0 bridgehead atoms. The van der Waals surface area contributed by atoms with Gasteiger partial charge in [0.25, 0.3) is 0 Å². The van der Waals surface area contributed by atoms with E-state index in [4.69, 9.17) is 9.47 Å². The SMILES string of the molecule is CC(C)(C)OC(=O)N(C(=O)OC(C)(C)C)c1nccc(-c2ccc(NC(=O)N[C@H](CO)c3ccccc3)cc2)n1. The van der Waals surface area contributed by atoms with E-state index in [2.05, 4.69) is 20.6 Å². The van der Waals surface area contributed by atoms with Crippen LogP contribution in [0.1, 0.15) is 53.1 Å². The van der Waals surface area contributed by atoms with Crippen LogP contribution < -0.4 is 15.5 Å². The number of rotatable bonds is 6. The van der Waals surface area contributed by atoms with Gasteiger partial charge in [0.05, 0.1) is 18.3 Å². The number of hydrogen-bond donors (Lipinski definition) is 3. The van der Waals surface area contributed by atoms with Gasteiger partial charge in [0.1, 0.15) is 11.2 Å². The summed E-state index contributed by atoms with van der Waals surface area (Å²) in [7, 11) is 0. The third-order valence-corrected chi connectivity index (χ3v) is 5.12. The molecular formula is C29H35N5O6. The lowest BCUT2D eigenvalue weighted by atomic mass is 10.1. The van der Waals surface area contributed by atoms with Crippen molar-refractivity contribution in [2.75, 3.05) is 16.8 Å². The van der Waals surface area contributed by atoms with Crippen LogP contribution in [0.3, 0.4) is 0 Å². The van der Waals surface area contributed by atoms with Gasteiger partial charge in [-0.15, -0.1) is 4.90 Å². The molecule has 0 spiro atoms. The first-order valence-corrected chi connectivity index (χ1v) is 12.7. The number of nitrogens with zero attached hydrogens (tertiary/aromatic N) is 3. The monoisotopic (exact) mass is 549 g/mol. The molecule has 0 aliphatic carbocycles. The second kappa shape index (κ2) is 12.6. The molecule has 11 heteroatoms. The summed E-state index contributed by atoms with van der Waals surface area (Å²) in [6, 6.07) is 16.5. The maximum atomic E-state index is 12.9. The zero-order chi connectivity index (χ0) is 29.5. The van der Waals surface area contributed by atoms with Gasteiger partial charge in [-0.25, -0.2) is 24.4 Å². The minimum Gasteiger partial charge on any atom is -0.443 e. The number of aromatic nitrogens is 2. The van der Waals surface area contributed by atoms with Crippen molar-refractivity contribution in [2.24, 2.45) is 0 Å². The Morgan fingerprint density at radius 1 is 0.875 bits per heavy atom. The average molecular weight is 550 g/mol. The molecule has 212 valence electrons. The first kappa shape index (κ1) is 30.0. The predicted molar refractivity (Wildman–Crippen MR) is 151 cm³/mol. The Labute approximate surface area is 233 Å². The standard InChI is InChI=1S/C29H35N5O6/c1-28(2,3)39-26(37)34(27(38)40-29(4,5)6)24-30-17-16-22(32-24)20-12-14-21(15-13-20)31-25(36)33-23(18-35)19-10-8-7-9-11-19/h7-17,23,35H,18H2,1-6H3,(H2,31,33,36)/t23-/m1/s1. The normalized spacial score (nSPS) is 12.2. The zero-order valence-corrected chi connectivity index (χ0v) is 23.5. The topological polar surface area (TPSA) is 143 Å². The van der Waals surface area contributed by atoms with Gasteiger partial charge in [-0.1, -0.05) is 42.5 Å². The van der Waals surface area contributed by atoms with E-state index in [1.807, 2.05) is 30.3 Å². The summed E-state index contributed by atoms with van der Waals surface area (Å²) in [4.78, 5) is 47.5. The summed E-state index contributed by atoms with van der Waals surface area (Å²) in [6.45, 7) is 9.81. The highest BCUT2D eigenvalue weighted by Crippen LogP contribution is 2.24. The number of aliphatic hydroxyl groups is 1. The van der Waals surface area contributed by atoms with Crippen molar-refractivity contribution >= 4 is 29.9 Å². The molecule has 0 saturated heterocycles. The van der Waals surface area contributed by atoms with Crippen molar-refractivity contribution in [3.8, 4) is 11.3 Å². The number of hydrogen-bond acceptors (Lipinski definition) is 8. The Balaban J connectivity index is 1.78. The third-order valence-electron chi connectivity index (χ3n) is 5.12. The van der Waals surface area contributed by atoms with Gasteiger partial charge >= 0.3 is 18.2 Å². The largest absolute Gasteiger partial charge is 0.443 e. The van der Waals surface area contributed by atoms with E-state index in [1.54, 1.807) is 71.9 Å². The Hall–Kier alpha value is -4.51. The molecule has 4 amide bonds. The van der Waals surface area contributed by atoms with Crippen molar-refractivity contribution in [3.05, 3.63) is 72.4 Å². The lowest BCUT2D eigenvalue weighted by Crippen LogP contribution is -2.44. The van der Waals surface area contributed by atoms with Crippen LogP contribution in [-0.4, -0.2) is 51.1 Å². The van der Waals surface area contributed by atoms with Gasteiger partial charge in [-0.3, -0.25) is 0 Å². The van der Waals surface area contributed by atoms with Gasteiger partial charge in [0, 0.05) is 17.4 Å². The molecule has 3 N–H and O–H groups in total. The van der Waals surface area contributed by atoms with Crippen LogP contribution >= 0.6 is 0 Å². The minimum absolute atomic E-state index is 0.210. The fourth-order valence-electron chi connectivity index (χ4n) is 3.44. The highest BCUT2D eigenvalue weighted by Gasteiger charge is 2.34. The van der Waals surface area contributed by atoms with E-state index < -0.39 is 35.5 Å². The second-order valence-corrected chi connectivity index (χ2v) is 10.9. The fourth-order valence-corrected chi connectivity index (χ4v) is 3.44. The summed E-state index contributed by atoms with van der Waals surface area (Å²) in [5, 5.41) is 15.2. The van der Waals surface area contributed by atoms with Gasteiger partial charge in [-0.2, -0.15) is 0 Å². The number of aliphatic hydroxyl groups excluding tert-OH is 1. The van der Waals surface area contributed by atoms with Crippen LogP contribution in [0.2, 0.25) is 0 Å². The molecule has 0 saturated carbocycles. The minimum atomic E-state index is -0.971. The molecule has 0 fully saturated rings. The van der Waals surface area contributed by atoms with E-state index in [9.17, 15) is 19.5 Å². The second-order valence-electron chi connectivity index (χ2n) is 10.9. The lowest BCUT2D eigenvalue weighted by molar-refractivity contribution is 0.0427. The molecule has 3 aromatic rings. The molecule has 11 nitrogen and oxygen atoms in total. The van der Waals surface area contributed by atoms with Gasteiger partial charge < -0.3 is 25.2 Å². The molecule has 0 radical (unpaired) electrons. The number of anilines is 2. The van der Waals surface area contributed by atoms with Crippen molar-refractivity contribution < 1.29 is 29.0 Å². The molecule has 40 heavy (non-hydrogen) atoms. The number of benzene rings is 2.